The number of benzene rings is 2. The van der Waals surface area contributed by atoms with Gasteiger partial charge in [-0.15, -0.1) is 0 Å². The van der Waals surface area contributed by atoms with Crippen molar-refractivity contribution in [3.05, 3.63) is 71.8 Å². The number of amidine groups is 1. The van der Waals surface area contributed by atoms with Gasteiger partial charge in [0.2, 0.25) is 10.2 Å². The molecule has 0 atom stereocenters. The van der Waals surface area contributed by atoms with E-state index in [4.69, 9.17) is 11.1 Å². The number of carbonyl (C=O) groups is 2. The summed E-state index contributed by atoms with van der Waals surface area (Å²) < 4.78 is 0. The Balaban J connectivity index is 2.49. The van der Waals surface area contributed by atoms with Gasteiger partial charge in [-0.2, -0.15) is 0 Å². The summed E-state index contributed by atoms with van der Waals surface area (Å²) in [6.45, 7) is 0. The third kappa shape index (κ3) is 2.73. The highest BCUT2D eigenvalue weighted by molar-refractivity contribution is 8.65. The minimum atomic E-state index is -2.74. The van der Waals surface area contributed by atoms with Gasteiger partial charge in [-0.3, -0.25) is 15.0 Å². The molecule has 0 aromatic heterocycles. The monoisotopic (exact) mass is 300 g/mol. The fourth-order valence-corrected chi connectivity index (χ4v) is 3.69. The van der Waals surface area contributed by atoms with Gasteiger partial charge in [-0.1, -0.05) is 70.7 Å². The van der Waals surface area contributed by atoms with Crippen LogP contribution in [0.4, 0.5) is 0 Å². The summed E-state index contributed by atoms with van der Waals surface area (Å²) in [6.07, 6.45) is 1.49. The predicted octanol–water partition coefficient (Wildman–Crippen LogP) is 3.00. The van der Waals surface area contributed by atoms with Crippen LogP contribution in [0.2, 0.25) is 0 Å². The molecule has 0 unspecified atom stereocenters. The molecular weight excluding hydrogens is 284 g/mol. The van der Waals surface area contributed by atoms with E-state index in [2.05, 4.69) is 0 Å². The lowest BCUT2D eigenvalue weighted by Gasteiger charge is -2.30. The van der Waals surface area contributed by atoms with Gasteiger partial charge in [-0.05, 0) is 6.26 Å². The number of rotatable bonds is 2. The van der Waals surface area contributed by atoms with E-state index in [1.54, 1.807) is 60.7 Å². The van der Waals surface area contributed by atoms with Crippen molar-refractivity contribution in [2.24, 2.45) is 5.73 Å². The van der Waals surface area contributed by atoms with E-state index in [9.17, 15) is 9.59 Å². The minimum Gasteiger partial charge on any atom is -0.379 e. The van der Waals surface area contributed by atoms with E-state index in [1.165, 1.54) is 6.26 Å². The van der Waals surface area contributed by atoms with Crippen molar-refractivity contribution < 1.29 is 9.59 Å². The standard InChI is InChI=1S/C16H16N2O2S/c1-21(16(17)18,14(19)12-8-4-2-5-9-12)15(20)13-10-6-3-7-11-13/h2-11H,1H3,(H3,17,18). The van der Waals surface area contributed by atoms with Crippen molar-refractivity contribution >= 4 is 25.4 Å². The van der Waals surface area contributed by atoms with Gasteiger partial charge in [0.05, 0.1) is 0 Å². The van der Waals surface area contributed by atoms with Crippen molar-refractivity contribution in [2.75, 3.05) is 6.26 Å². The fourth-order valence-electron chi connectivity index (χ4n) is 1.90. The molecule has 3 N–H and O–H groups in total. The second-order valence-corrected chi connectivity index (χ2v) is 7.61. The maximum atomic E-state index is 12.7. The number of hydrogen-bond acceptors (Lipinski definition) is 3. The van der Waals surface area contributed by atoms with Crippen LogP contribution in [0.3, 0.4) is 0 Å². The van der Waals surface area contributed by atoms with Gasteiger partial charge in [0.15, 0.2) is 0 Å². The molecule has 0 saturated heterocycles. The van der Waals surface area contributed by atoms with E-state index in [1.807, 2.05) is 0 Å². The molecule has 0 radical (unpaired) electrons. The molecule has 5 heteroatoms. The highest BCUT2D eigenvalue weighted by Crippen LogP contribution is 2.49. The third-order valence-corrected chi connectivity index (χ3v) is 6.03. The first-order valence-corrected chi connectivity index (χ1v) is 8.33. The zero-order chi connectivity index (χ0) is 15.5. The van der Waals surface area contributed by atoms with Crippen LogP contribution >= 0.6 is 10.0 Å². The molecule has 0 aliphatic rings. The second kappa shape index (κ2) is 5.93. The van der Waals surface area contributed by atoms with Gasteiger partial charge in [-0.25, -0.2) is 0 Å². The van der Waals surface area contributed by atoms with Gasteiger partial charge < -0.3 is 5.73 Å². The summed E-state index contributed by atoms with van der Waals surface area (Å²) in [5.41, 5.74) is 6.42. The van der Waals surface area contributed by atoms with E-state index < -0.39 is 10.0 Å². The molecule has 0 aliphatic heterocycles. The van der Waals surface area contributed by atoms with E-state index in [0.29, 0.717) is 11.1 Å². The lowest BCUT2D eigenvalue weighted by atomic mass is 10.2. The quantitative estimate of drug-likeness (QED) is 0.660. The minimum absolute atomic E-state index is 0.370. The molecule has 0 bridgehead atoms. The Hall–Kier alpha value is -2.40. The average molecular weight is 300 g/mol. The molecule has 0 heterocycles. The van der Waals surface area contributed by atoms with Crippen LogP contribution in [0.5, 0.6) is 0 Å². The zero-order valence-electron chi connectivity index (χ0n) is 11.6. The molecular formula is C16H16N2O2S. The summed E-state index contributed by atoms with van der Waals surface area (Å²) in [6, 6.07) is 17.0. The molecule has 0 spiro atoms. The lowest BCUT2D eigenvalue weighted by Crippen LogP contribution is -2.32. The van der Waals surface area contributed by atoms with Crippen LogP contribution in [0, 0.1) is 5.41 Å². The number of nitrogens with two attached hydrogens (primary N) is 1. The van der Waals surface area contributed by atoms with Crippen LogP contribution in [0.1, 0.15) is 20.7 Å². The molecule has 21 heavy (non-hydrogen) atoms. The Bertz CT molecular complexity index is 632. The van der Waals surface area contributed by atoms with Crippen molar-refractivity contribution in [1.82, 2.24) is 0 Å². The summed E-state index contributed by atoms with van der Waals surface area (Å²) >= 11 is 0. The fraction of sp³-hybridized carbons (Fsp3) is 0.0625. The van der Waals surface area contributed by atoms with Crippen LogP contribution in [0.15, 0.2) is 60.7 Å². The molecule has 0 fully saturated rings. The largest absolute Gasteiger partial charge is 0.379 e. The molecule has 0 amide bonds. The van der Waals surface area contributed by atoms with Gasteiger partial charge in [0, 0.05) is 11.1 Å². The van der Waals surface area contributed by atoms with Gasteiger partial charge >= 0.3 is 0 Å². The van der Waals surface area contributed by atoms with E-state index in [0.717, 1.165) is 0 Å². The molecule has 2 aromatic rings. The normalized spacial score (nSPS) is 11.7. The molecule has 2 rings (SSSR count). The topological polar surface area (TPSA) is 84.0 Å². The first-order chi connectivity index (χ1) is 9.98. The van der Waals surface area contributed by atoms with E-state index >= 15 is 0 Å². The zero-order valence-corrected chi connectivity index (χ0v) is 12.4. The SMILES string of the molecule is CS(C(=N)N)(C(=O)c1ccccc1)C(=O)c1ccccc1. The maximum Gasteiger partial charge on any atom is 0.215 e. The first kappa shape index (κ1) is 15.0. The lowest BCUT2D eigenvalue weighted by molar-refractivity contribution is 0.105. The van der Waals surface area contributed by atoms with E-state index in [-0.39, 0.29) is 15.4 Å². The Labute approximate surface area is 124 Å². The van der Waals surface area contributed by atoms with Crippen LogP contribution in [0.25, 0.3) is 0 Å². The maximum absolute atomic E-state index is 12.7. The van der Waals surface area contributed by atoms with Crippen LogP contribution < -0.4 is 5.73 Å². The van der Waals surface area contributed by atoms with Crippen LogP contribution in [-0.2, 0) is 0 Å². The van der Waals surface area contributed by atoms with Crippen molar-refractivity contribution in [1.29, 1.82) is 5.41 Å². The Morgan fingerprint density at radius 2 is 1.19 bits per heavy atom. The molecule has 0 saturated carbocycles. The third-order valence-electron chi connectivity index (χ3n) is 3.20. The Morgan fingerprint density at radius 3 is 1.48 bits per heavy atom. The summed E-state index contributed by atoms with van der Waals surface area (Å²) in [7, 11) is -2.74. The molecule has 2 aromatic carbocycles. The molecule has 4 nitrogen and oxygen atoms in total. The summed E-state index contributed by atoms with van der Waals surface area (Å²) in [5, 5.41) is 6.64. The highest BCUT2D eigenvalue weighted by atomic mass is 32.3. The van der Waals surface area contributed by atoms with Gasteiger partial charge in [0.1, 0.15) is 5.17 Å². The smallest absolute Gasteiger partial charge is 0.215 e. The van der Waals surface area contributed by atoms with Crippen LogP contribution in [-0.4, -0.2) is 21.7 Å². The second-order valence-electron chi connectivity index (χ2n) is 4.59. The molecule has 0 aliphatic carbocycles. The number of hydrogen-bond donors (Lipinski definition) is 2. The Kier molecular flexibility index (Phi) is 4.23. The Morgan fingerprint density at radius 1 is 0.857 bits per heavy atom. The van der Waals surface area contributed by atoms with Crippen molar-refractivity contribution in [2.45, 2.75) is 0 Å². The first-order valence-electron chi connectivity index (χ1n) is 6.29. The number of nitrogens with one attached hydrogen (secondary N) is 1. The average Bonchev–Trinajstić information content (AvgIpc) is 2.54. The van der Waals surface area contributed by atoms with Crippen molar-refractivity contribution in [3.63, 3.8) is 0 Å². The summed E-state index contributed by atoms with van der Waals surface area (Å²) in [4.78, 5) is 25.4. The number of carbonyl (C=O) groups excluding carboxylic acids is 2. The predicted molar refractivity (Wildman–Crippen MR) is 87.0 cm³/mol. The highest BCUT2D eigenvalue weighted by Gasteiger charge is 2.39. The van der Waals surface area contributed by atoms with Gasteiger partial charge in [0.25, 0.3) is 0 Å². The molecule has 108 valence electrons. The van der Waals surface area contributed by atoms with Crippen molar-refractivity contribution in [3.8, 4) is 0 Å². The summed E-state index contributed by atoms with van der Waals surface area (Å²) in [5.74, 6) is 0.